The molecule has 5 heteroatoms. The van der Waals surface area contributed by atoms with Crippen molar-refractivity contribution < 1.29 is 9.59 Å². The number of nitrogens with zero attached hydrogens (tertiary/aromatic N) is 3. The molecule has 0 saturated carbocycles. The maximum atomic E-state index is 15.3. The molecule has 0 bridgehead atoms. The standard InChI is InChI=1S/C49H31N3O2/c53-48-38-24-15-28-44(51-42-26-11-10-22-37(42)45-36(23-14-27-43(45)51)41-25-12-13-29-50-41)46(38)49(54)52(48)47-39(33-18-6-2-7-19-33)30-35(32-16-4-1-5-17-32)31-40(47)34-20-8-3-9-21-34/h1-31H. The summed E-state index contributed by atoms with van der Waals surface area (Å²) in [5, 5.41) is 2.07. The second kappa shape index (κ2) is 12.7. The van der Waals surface area contributed by atoms with Crippen molar-refractivity contribution in [3.8, 4) is 50.3 Å². The van der Waals surface area contributed by atoms with E-state index >= 15 is 4.79 Å². The zero-order valence-electron chi connectivity index (χ0n) is 29.1. The molecule has 254 valence electrons. The van der Waals surface area contributed by atoms with Crippen LogP contribution in [0.2, 0.25) is 0 Å². The van der Waals surface area contributed by atoms with Gasteiger partial charge in [-0.05, 0) is 70.8 Å². The number of aromatic nitrogens is 2. The van der Waals surface area contributed by atoms with Crippen LogP contribution in [0.15, 0.2) is 188 Å². The van der Waals surface area contributed by atoms with Crippen molar-refractivity contribution in [1.82, 2.24) is 9.55 Å². The van der Waals surface area contributed by atoms with E-state index in [-0.39, 0.29) is 11.8 Å². The Morgan fingerprint density at radius 1 is 0.426 bits per heavy atom. The van der Waals surface area contributed by atoms with Gasteiger partial charge in [-0.3, -0.25) is 14.6 Å². The predicted octanol–water partition coefficient (Wildman–Crippen LogP) is 11.6. The van der Waals surface area contributed by atoms with Gasteiger partial charge in [-0.2, -0.15) is 0 Å². The molecule has 5 nitrogen and oxygen atoms in total. The molecule has 1 aliphatic heterocycles. The Labute approximate surface area is 312 Å². The third-order valence-corrected chi connectivity index (χ3v) is 10.4. The molecule has 0 fully saturated rings. The SMILES string of the molecule is O=C1c2cccc(-n3c4ccccc4c4c(-c5ccccn5)cccc43)c2C(=O)N1c1c(-c2ccccc2)cc(-c2ccccc2)cc1-c1ccccc1. The molecular formula is C49H31N3O2. The molecule has 54 heavy (non-hydrogen) atoms. The number of carbonyl (C=O) groups excluding carboxylic acids is 2. The zero-order valence-corrected chi connectivity index (χ0v) is 29.1. The second-order valence-corrected chi connectivity index (χ2v) is 13.4. The van der Waals surface area contributed by atoms with E-state index < -0.39 is 0 Å². The number of hydrogen-bond donors (Lipinski definition) is 0. The van der Waals surface area contributed by atoms with Crippen molar-refractivity contribution in [2.75, 3.05) is 4.90 Å². The quantitative estimate of drug-likeness (QED) is 0.163. The Kier molecular flexibility index (Phi) is 7.37. The van der Waals surface area contributed by atoms with Gasteiger partial charge in [-0.1, -0.05) is 133 Å². The molecule has 9 aromatic rings. The highest BCUT2D eigenvalue weighted by molar-refractivity contribution is 6.37. The first-order valence-corrected chi connectivity index (χ1v) is 18.0. The van der Waals surface area contributed by atoms with E-state index in [1.165, 1.54) is 4.90 Å². The minimum atomic E-state index is -0.362. The highest BCUT2D eigenvalue weighted by Gasteiger charge is 2.41. The summed E-state index contributed by atoms with van der Waals surface area (Å²) in [6.07, 6.45) is 1.80. The van der Waals surface area contributed by atoms with Crippen LogP contribution in [0.25, 0.3) is 72.1 Å². The minimum Gasteiger partial charge on any atom is -0.308 e. The highest BCUT2D eigenvalue weighted by Crippen LogP contribution is 2.47. The van der Waals surface area contributed by atoms with Crippen LogP contribution in [0, 0.1) is 0 Å². The van der Waals surface area contributed by atoms with E-state index in [9.17, 15) is 4.79 Å². The van der Waals surface area contributed by atoms with E-state index in [0.29, 0.717) is 22.5 Å². The van der Waals surface area contributed by atoms with E-state index in [4.69, 9.17) is 0 Å². The first-order valence-electron chi connectivity index (χ1n) is 18.0. The van der Waals surface area contributed by atoms with Gasteiger partial charge < -0.3 is 4.57 Å². The Bertz CT molecular complexity index is 2840. The predicted molar refractivity (Wildman–Crippen MR) is 218 cm³/mol. The first-order chi connectivity index (χ1) is 26.7. The van der Waals surface area contributed by atoms with Gasteiger partial charge >= 0.3 is 0 Å². The summed E-state index contributed by atoms with van der Waals surface area (Å²) in [6.45, 7) is 0. The van der Waals surface area contributed by atoms with E-state index in [2.05, 4.69) is 58.1 Å². The minimum absolute atomic E-state index is 0.353. The van der Waals surface area contributed by atoms with Gasteiger partial charge in [-0.25, -0.2) is 4.90 Å². The molecular weight excluding hydrogens is 663 g/mol. The van der Waals surface area contributed by atoms with Gasteiger partial charge in [0, 0.05) is 33.7 Å². The fraction of sp³-hybridized carbons (Fsp3) is 0. The summed E-state index contributed by atoms with van der Waals surface area (Å²) in [6, 6.07) is 60.3. The average molecular weight is 694 g/mol. The number of para-hydroxylation sites is 1. The summed E-state index contributed by atoms with van der Waals surface area (Å²) in [5.41, 5.74) is 11.1. The summed E-state index contributed by atoms with van der Waals surface area (Å²) < 4.78 is 2.12. The zero-order chi connectivity index (χ0) is 36.2. The summed E-state index contributed by atoms with van der Waals surface area (Å²) in [7, 11) is 0. The number of anilines is 1. The number of pyridine rings is 1. The molecule has 2 amide bonds. The van der Waals surface area contributed by atoms with Gasteiger partial charge in [-0.15, -0.1) is 0 Å². The number of hydrogen-bond acceptors (Lipinski definition) is 3. The molecule has 0 spiro atoms. The van der Waals surface area contributed by atoms with Gasteiger partial charge in [0.2, 0.25) is 0 Å². The van der Waals surface area contributed by atoms with Crippen molar-refractivity contribution in [3.63, 3.8) is 0 Å². The number of imide groups is 1. The van der Waals surface area contributed by atoms with Gasteiger partial charge in [0.1, 0.15) is 0 Å². The molecule has 0 saturated heterocycles. The van der Waals surface area contributed by atoms with Crippen LogP contribution in [0.5, 0.6) is 0 Å². The highest BCUT2D eigenvalue weighted by atomic mass is 16.2. The Morgan fingerprint density at radius 3 is 1.67 bits per heavy atom. The molecule has 10 rings (SSSR count). The largest absolute Gasteiger partial charge is 0.308 e. The molecule has 3 heterocycles. The third kappa shape index (κ3) is 4.90. The van der Waals surface area contributed by atoms with Crippen molar-refractivity contribution in [2.45, 2.75) is 0 Å². The van der Waals surface area contributed by atoms with Crippen LogP contribution in [-0.4, -0.2) is 21.4 Å². The molecule has 0 N–H and O–H groups in total. The smallest absolute Gasteiger partial charge is 0.268 e. The second-order valence-electron chi connectivity index (χ2n) is 13.4. The van der Waals surface area contributed by atoms with Crippen LogP contribution in [0.1, 0.15) is 20.7 Å². The Hall–Kier alpha value is -7.37. The van der Waals surface area contributed by atoms with Gasteiger partial charge in [0.25, 0.3) is 11.8 Å². The average Bonchev–Trinajstić information content (AvgIpc) is 3.72. The van der Waals surface area contributed by atoms with Crippen LogP contribution >= 0.6 is 0 Å². The van der Waals surface area contributed by atoms with E-state index in [0.717, 1.165) is 66.4 Å². The summed E-state index contributed by atoms with van der Waals surface area (Å²) >= 11 is 0. The molecule has 0 unspecified atom stereocenters. The lowest BCUT2D eigenvalue weighted by atomic mass is 9.90. The lowest BCUT2D eigenvalue weighted by molar-refractivity contribution is 0.0926. The first kappa shape index (κ1) is 31.4. The topological polar surface area (TPSA) is 55.2 Å². The maximum absolute atomic E-state index is 15.3. The fourth-order valence-corrected chi connectivity index (χ4v) is 8.02. The summed E-state index contributed by atoms with van der Waals surface area (Å²) in [5.74, 6) is -0.715. The fourth-order valence-electron chi connectivity index (χ4n) is 8.02. The molecule has 1 aliphatic rings. The van der Waals surface area contributed by atoms with Crippen molar-refractivity contribution in [3.05, 3.63) is 199 Å². The number of benzene rings is 7. The van der Waals surface area contributed by atoms with Crippen molar-refractivity contribution in [1.29, 1.82) is 0 Å². The molecule has 0 aliphatic carbocycles. The van der Waals surface area contributed by atoms with Crippen LogP contribution < -0.4 is 4.90 Å². The van der Waals surface area contributed by atoms with Crippen molar-refractivity contribution in [2.24, 2.45) is 0 Å². The monoisotopic (exact) mass is 693 g/mol. The Balaban J connectivity index is 1.23. The third-order valence-electron chi connectivity index (χ3n) is 10.4. The molecule has 0 atom stereocenters. The van der Waals surface area contributed by atoms with Crippen LogP contribution in [0.3, 0.4) is 0 Å². The number of rotatable bonds is 6. The van der Waals surface area contributed by atoms with Gasteiger partial charge in [0.15, 0.2) is 0 Å². The number of carbonyl (C=O) groups is 2. The van der Waals surface area contributed by atoms with E-state index in [1.54, 1.807) is 12.3 Å². The number of fused-ring (bicyclic) bond motifs is 4. The van der Waals surface area contributed by atoms with Crippen LogP contribution in [0.4, 0.5) is 5.69 Å². The lowest BCUT2D eigenvalue weighted by Gasteiger charge is -2.24. The maximum Gasteiger partial charge on any atom is 0.268 e. The normalized spacial score (nSPS) is 12.5. The molecule has 7 aromatic carbocycles. The van der Waals surface area contributed by atoms with Crippen molar-refractivity contribution >= 4 is 39.3 Å². The molecule has 0 radical (unpaired) electrons. The molecule has 2 aromatic heterocycles. The summed E-state index contributed by atoms with van der Waals surface area (Å²) in [4.78, 5) is 36.3. The van der Waals surface area contributed by atoms with Crippen LogP contribution in [-0.2, 0) is 0 Å². The van der Waals surface area contributed by atoms with E-state index in [1.807, 2.05) is 127 Å². The Morgan fingerprint density at radius 2 is 1.00 bits per heavy atom. The number of amides is 2. The lowest BCUT2D eigenvalue weighted by Crippen LogP contribution is -2.30. The van der Waals surface area contributed by atoms with Gasteiger partial charge in [0.05, 0.1) is 39.2 Å².